The molecule has 0 N–H and O–H groups in total. The van der Waals surface area contributed by atoms with Crippen LogP contribution in [-0.2, 0) is 12.3 Å². The third-order valence-corrected chi connectivity index (χ3v) is 4.39. The van der Waals surface area contributed by atoms with Gasteiger partial charge in [-0.25, -0.2) is 0 Å². The van der Waals surface area contributed by atoms with Crippen molar-refractivity contribution < 1.29 is 0 Å². The largest absolute Gasteiger partial charge is 0.302 e. The lowest BCUT2D eigenvalue weighted by atomic mass is 10.0. The van der Waals surface area contributed by atoms with E-state index in [1.54, 1.807) is 11.8 Å². The fraction of sp³-hybridized carbons (Fsp3) is 0.375. The van der Waals surface area contributed by atoms with Crippen molar-refractivity contribution >= 4 is 11.8 Å². The highest BCUT2D eigenvalue weighted by atomic mass is 32.2. The Bertz CT molecular complexity index is 606. The van der Waals surface area contributed by atoms with Crippen molar-refractivity contribution in [1.29, 1.82) is 0 Å². The number of hydrogen-bond donors (Lipinski definition) is 0. The average molecular weight is 287 g/mol. The van der Waals surface area contributed by atoms with E-state index < -0.39 is 0 Å². The van der Waals surface area contributed by atoms with Gasteiger partial charge in [-0.2, -0.15) is 0 Å². The lowest BCUT2D eigenvalue weighted by Crippen LogP contribution is -2.01. The first-order chi connectivity index (χ1) is 9.52. The molecule has 0 aliphatic heterocycles. The molecule has 0 saturated heterocycles. The van der Waals surface area contributed by atoms with Gasteiger partial charge in [-0.15, -0.1) is 16.8 Å². The Morgan fingerprint density at radius 1 is 1.15 bits per heavy atom. The molecule has 0 spiro atoms. The summed E-state index contributed by atoms with van der Waals surface area (Å²) >= 11 is 1.74. The molecule has 1 heterocycles. The summed E-state index contributed by atoms with van der Waals surface area (Å²) in [7, 11) is 0. The number of rotatable bonds is 5. The van der Waals surface area contributed by atoms with Crippen LogP contribution in [0.4, 0.5) is 0 Å². The van der Waals surface area contributed by atoms with E-state index in [9.17, 15) is 0 Å². The van der Waals surface area contributed by atoms with E-state index in [0.717, 1.165) is 23.3 Å². The van der Waals surface area contributed by atoms with Crippen molar-refractivity contribution in [3.8, 4) is 0 Å². The number of allylic oxidation sites excluding steroid dienone is 1. The molecule has 1 aromatic heterocycles. The summed E-state index contributed by atoms with van der Waals surface area (Å²) in [6.45, 7) is 13.0. The molecule has 2 aromatic rings. The van der Waals surface area contributed by atoms with Crippen molar-refractivity contribution in [3.05, 3.63) is 52.9 Å². The van der Waals surface area contributed by atoms with Crippen LogP contribution in [-0.4, -0.2) is 14.8 Å². The highest BCUT2D eigenvalue weighted by molar-refractivity contribution is 7.98. The Hall–Kier alpha value is -1.55. The Labute approximate surface area is 125 Å². The van der Waals surface area contributed by atoms with Gasteiger partial charge in [-0.3, -0.25) is 0 Å². The highest BCUT2D eigenvalue weighted by Crippen LogP contribution is 2.26. The number of aromatic nitrogens is 3. The van der Waals surface area contributed by atoms with E-state index in [1.165, 1.54) is 22.3 Å². The monoisotopic (exact) mass is 287 g/mol. The van der Waals surface area contributed by atoms with E-state index in [1.807, 2.05) is 13.0 Å². The molecule has 0 atom stereocenters. The number of benzene rings is 1. The van der Waals surface area contributed by atoms with Gasteiger partial charge in [0.15, 0.2) is 5.16 Å². The zero-order chi connectivity index (χ0) is 14.7. The Morgan fingerprint density at radius 3 is 2.40 bits per heavy atom. The molecule has 20 heavy (non-hydrogen) atoms. The van der Waals surface area contributed by atoms with Crippen molar-refractivity contribution in [2.24, 2.45) is 0 Å². The molecular formula is C16H21N3S. The molecule has 0 fully saturated rings. The van der Waals surface area contributed by atoms with E-state index in [4.69, 9.17) is 0 Å². The van der Waals surface area contributed by atoms with Crippen molar-refractivity contribution in [3.63, 3.8) is 0 Å². The maximum atomic E-state index is 4.25. The second-order valence-corrected chi connectivity index (χ2v) is 6.04. The van der Waals surface area contributed by atoms with E-state index >= 15 is 0 Å². The lowest BCUT2D eigenvalue weighted by molar-refractivity contribution is 0.703. The summed E-state index contributed by atoms with van der Waals surface area (Å²) in [6.07, 6.45) is 1.88. The van der Waals surface area contributed by atoms with Gasteiger partial charge < -0.3 is 4.57 Å². The molecule has 0 unspecified atom stereocenters. The Kier molecular flexibility index (Phi) is 4.65. The van der Waals surface area contributed by atoms with Gasteiger partial charge in [0.1, 0.15) is 5.82 Å². The first kappa shape index (κ1) is 14.9. The van der Waals surface area contributed by atoms with E-state index in [-0.39, 0.29) is 0 Å². The van der Waals surface area contributed by atoms with Crippen molar-refractivity contribution in [2.45, 2.75) is 45.1 Å². The maximum absolute atomic E-state index is 4.25. The summed E-state index contributed by atoms with van der Waals surface area (Å²) in [5, 5.41) is 9.37. The van der Waals surface area contributed by atoms with Crippen LogP contribution in [0.15, 0.2) is 29.9 Å². The normalized spacial score (nSPS) is 10.8. The zero-order valence-corrected chi connectivity index (χ0v) is 13.4. The maximum Gasteiger partial charge on any atom is 0.191 e. The van der Waals surface area contributed by atoms with Crippen molar-refractivity contribution in [1.82, 2.24) is 14.8 Å². The minimum Gasteiger partial charge on any atom is -0.302 e. The molecular weight excluding hydrogens is 266 g/mol. The number of thioether (sulfide) groups is 1. The predicted octanol–water partition coefficient (Wildman–Crippen LogP) is 3.99. The third-order valence-electron chi connectivity index (χ3n) is 3.40. The van der Waals surface area contributed by atoms with E-state index in [0.29, 0.717) is 0 Å². The van der Waals surface area contributed by atoms with Gasteiger partial charge >= 0.3 is 0 Å². The summed E-state index contributed by atoms with van der Waals surface area (Å²) in [5.74, 6) is 1.86. The molecule has 0 aliphatic carbocycles. The van der Waals surface area contributed by atoms with Crippen LogP contribution >= 0.6 is 11.8 Å². The number of aryl methyl sites for hydroxylation is 4. The molecule has 0 bridgehead atoms. The summed E-state index contributed by atoms with van der Waals surface area (Å²) in [6, 6.07) is 4.48. The zero-order valence-electron chi connectivity index (χ0n) is 12.6. The number of hydrogen-bond acceptors (Lipinski definition) is 3. The second kappa shape index (κ2) is 6.27. The first-order valence-corrected chi connectivity index (χ1v) is 7.71. The molecule has 3 nitrogen and oxygen atoms in total. The fourth-order valence-corrected chi connectivity index (χ4v) is 3.57. The minimum absolute atomic E-state index is 0.757. The SMILES string of the molecule is C=CCn1c(C)nnc1SCc1c(C)cc(C)cc1C. The summed E-state index contributed by atoms with van der Waals surface area (Å²) in [5.41, 5.74) is 5.41. The van der Waals surface area contributed by atoms with Crippen LogP contribution in [0, 0.1) is 27.7 Å². The predicted molar refractivity (Wildman–Crippen MR) is 85.2 cm³/mol. The molecule has 0 aliphatic rings. The third kappa shape index (κ3) is 3.12. The smallest absolute Gasteiger partial charge is 0.191 e. The van der Waals surface area contributed by atoms with E-state index in [2.05, 4.69) is 54.2 Å². The summed E-state index contributed by atoms with van der Waals surface area (Å²) < 4.78 is 2.09. The topological polar surface area (TPSA) is 30.7 Å². The van der Waals surface area contributed by atoms with Gasteiger partial charge in [0, 0.05) is 12.3 Å². The van der Waals surface area contributed by atoms with Gasteiger partial charge in [0.05, 0.1) is 0 Å². The van der Waals surface area contributed by atoms with Crippen LogP contribution in [0.5, 0.6) is 0 Å². The molecule has 0 saturated carbocycles. The number of nitrogens with zero attached hydrogens (tertiary/aromatic N) is 3. The molecule has 0 radical (unpaired) electrons. The highest BCUT2D eigenvalue weighted by Gasteiger charge is 2.10. The molecule has 1 aromatic carbocycles. The summed E-state index contributed by atoms with van der Waals surface area (Å²) in [4.78, 5) is 0. The van der Waals surface area contributed by atoms with Crippen LogP contribution in [0.2, 0.25) is 0 Å². The second-order valence-electron chi connectivity index (χ2n) is 5.10. The van der Waals surface area contributed by atoms with Gasteiger partial charge in [-0.1, -0.05) is 35.5 Å². The molecule has 106 valence electrons. The van der Waals surface area contributed by atoms with Gasteiger partial charge in [0.25, 0.3) is 0 Å². The van der Waals surface area contributed by atoms with Crippen LogP contribution in [0.25, 0.3) is 0 Å². The minimum atomic E-state index is 0.757. The van der Waals surface area contributed by atoms with Crippen LogP contribution in [0.1, 0.15) is 28.1 Å². The van der Waals surface area contributed by atoms with Gasteiger partial charge in [0.2, 0.25) is 0 Å². The quantitative estimate of drug-likeness (QED) is 0.615. The van der Waals surface area contributed by atoms with Gasteiger partial charge in [-0.05, 0) is 44.4 Å². The molecule has 4 heteroatoms. The molecule has 0 amide bonds. The fourth-order valence-electron chi connectivity index (χ4n) is 2.38. The lowest BCUT2D eigenvalue weighted by Gasteiger charge is -2.11. The Morgan fingerprint density at radius 2 is 1.80 bits per heavy atom. The van der Waals surface area contributed by atoms with Crippen LogP contribution < -0.4 is 0 Å². The molecule has 2 rings (SSSR count). The Balaban J connectivity index is 2.19. The standard InChI is InChI=1S/C16H21N3S/c1-6-7-19-14(5)17-18-16(19)20-10-15-12(3)8-11(2)9-13(15)4/h6,8-9H,1,7,10H2,2-5H3. The first-order valence-electron chi connectivity index (χ1n) is 6.73. The van der Waals surface area contributed by atoms with Crippen LogP contribution in [0.3, 0.4) is 0 Å². The average Bonchev–Trinajstić information content (AvgIpc) is 2.70. The van der Waals surface area contributed by atoms with Crippen molar-refractivity contribution in [2.75, 3.05) is 0 Å².